The van der Waals surface area contributed by atoms with E-state index in [2.05, 4.69) is 40.0 Å². The number of benzene rings is 1. The fraction of sp³-hybridized carbons (Fsp3) is 0.500. The van der Waals surface area contributed by atoms with Crippen molar-refractivity contribution in [2.24, 2.45) is 0 Å². The lowest BCUT2D eigenvalue weighted by molar-refractivity contribution is -0.116. The Morgan fingerprint density at radius 1 is 1.42 bits per heavy atom. The van der Waals surface area contributed by atoms with Crippen molar-refractivity contribution in [3.05, 3.63) is 47.2 Å². The number of aryl methyl sites for hydroxylation is 2. The molecule has 5 nitrogen and oxygen atoms in total. The highest BCUT2D eigenvalue weighted by atomic mass is 32.2. The second kappa shape index (κ2) is 7.84. The van der Waals surface area contributed by atoms with E-state index in [0.717, 1.165) is 48.7 Å². The van der Waals surface area contributed by atoms with Crippen molar-refractivity contribution in [1.82, 2.24) is 15.1 Å². The van der Waals surface area contributed by atoms with Gasteiger partial charge in [0.25, 0.3) is 0 Å². The minimum absolute atomic E-state index is 0.0685. The van der Waals surface area contributed by atoms with Crippen LogP contribution in [-0.4, -0.2) is 39.8 Å². The Kier molecular flexibility index (Phi) is 5.31. The van der Waals surface area contributed by atoms with Gasteiger partial charge in [-0.25, -0.2) is 4.68 Å². The number of thioether (sulfide) groups is 1. The molecular formula is C20H26N4OS. The van der Waals surface area contributed by atoms with Crippen LogP contribution >= 0.6 is 11.8 Å². The average Bonchev–Trinajstić information content (AvgIpc) is 3.02. The van der Waals surface area contributed by atoms with E-state index in [0.29, 0.717) is 6.42 Å². The van der Waals surface area contributed by atoms with Crippen molar-refractivity contribution in [3.63, 3.8) is 0 Å². The Balaban J connectivity index is 1.54. The number of hydrogen-bond donors (Lipinski definition) is 2. The van der Waals surface area contributed by atoms with E-state index in [4.69, 9.17) is 0 Å². The maximum atomic E-state index is 12.6. The Hall–Kier alpha value is -1.79. The van der Waals surface area contributed by atoms with Crippen LogP contribution in [0.5, 0.6) is 0 Å². The first-order valence-corrected chi connectivity index (χ1v) is 10.6. The van der Waals surface area contributed by atoms with Crippen LogP contribution in [0.1, 0.15) is 42.0 Å². The van der Waals surface area contributed by atoms with E-state index in [1.54, 1.807) is 0 Å². The summed E-state index contributed by atoms with van der Waals surface area (Å²) in [5, 5.41) is 11.2. The van der Waals surface area contributed by atoms with Gasteiger partial charge in [-0.2, -0.15) is 16.9 Å². The fourth-order valence-electron chi connectivity index (χ4n) is 3.98. The number of carbonyl (C=O) groups is 1. The van der Waals surface area contributed by atoms with Crippen LogP contribution in [0.2, 0.25) is 0 Å². The number of nitrogens with one attached hydrogen (secondary N) is 2. The predicted molar refractivity (Wildman–Crippen MR) is 107 cm³/mol. The average molecular weight is 371 g/mol. The highest BCUT2D eigenvalue weighted by Gasteiger charge is 2.26. The van der Waals surface area contributed by atoms with Crippen LogP contribution in [0.25, 0.3) is 0 Å². The molecule has 1 saturated heterocycles. The molecule has 138 valence electrons. The third-order valence-electron chi connectivity index (χ3n) is 5.30. The van der Waals surface area contributed by atoms with Gasteiger partial charge in [-0.15, -0.1) is 0 Å². The quantitative estimate of drug-likeness (QED) is 0.868. The fourth-order valence-corrected chi connectivity index (χ4v) is 4.93. The largest absolute Gasteiger partial charge is 0.312 e. The summed E-state index contributed by atoms with van der Waals surface area (Å²) in [5.41, 5.74) is 3.76. The number of anilines is 1. The van der Waals surface area contributed by atoms with Gasteiger partial charge in [0.15, 0.2) is 0 Å². The molecule has 1 aliphatic heterocycles. The minimum atomic E-state index is 0.0685. The smallest absolute Gasteiger partial charge is 0.227 e. The molecule has 1 fully saturated rings. The summed E-state index contributed by atoms with van der Waals surface area (Å²) in [6, 6.07) is 9.08. The van der Waals surface area contributed by atoms with Gasteiger partial charge in [0.2, 0.25) is 5.91 Å². The molecule has 2 N–H and O–H groups in total. The molecule has 0 saturated carbocycles. The maximum absolute atomic E-state index is 12.6. The number of amides is 1. The zero-order valence-corrected chi connectivity index (χ0v) is 16.0. The Morgan fingerprint density at radius 2 is 2.31 bits per heavy atom. The Labute approximate surface area is 158 Å². The molecule has 2 heterocycles. The SMILES string of the molecule is Cc1cnn(C2CCCc3ccccc32)c1NC(=O)CC1CSCCN1. The van der Waals surface area contributed by atoms with Crippen LogP contribution < -0.4 is 10.6 Å². The zero-order chi connectivity index (χ0) is 17.9. The normalized spacial score (nSPS) is 22.7. The van der Waals surface area contributed by atoms with Crippen molar-refractivity contribution < 1.29 is 4.79 Å². The summed E-state index contributed by atoms with van der Waals surface area (Å²) in [6.45, 7) is 3.00. The topological polar surface area (TPSA) is 59.0 Å². The molecule has 1 amide bonds. The van der Waals surface area contributed by atoms with E-state index in [9.17, 15) is 4.79 Å². The van der Waals surface area contributed by atoms with Gasteiger partial charge in [-0.1, -0.05) is 24.3 Å². The van der Waals surface area contributed by atoms with E-state index < -0.39 is 0 Å². The lowest BCUT2D eigenvalue weighted by atomic mass is 9.88. The minimum Gasteiger partial charge on any atom is -0.312 e. The molecule has 2 atom stereocenters. The molecule has 6 heteroatoms. The van der Waals surface area contributed by atoms with Crippen LogP contribution in [0.3, 0.4) is 0 Å². The van der Waals surface area contributed by atoms with Gasteiger partial charge in [0.1, 0.15) is 5.82 Å². The number of aromatic nitrogens is 2. The van der Waals surface area contributed by atoms with Crippen molar-refractivity contribution in [2.75, 3.05) is 23.4 Å². The summed E-state index contributed by atoms with van der Waals surface area (Å²) in [7, 11) is 0. The van der Waals surface area contributed by atoms with Crippen LogP contribution in [0.15, 0.2) is 30.5 Å². The second-order valence-electron chi connectivity index (χ2n) is 7.21. The molecule has 4 rings (SSSR count). The third kappa shape index (κ3) is 3.67. The second-order valence-corrected chi connectivity index (χ2v) is 8.36. The number of nitrogens with zero attached hydrogens (tertiary/aromatic N) is 2. The summed E-state index contributed by atoms with van der Waals surface area (Å²) < 4.78 is 2.02. The van der Waals surface area contributed by atoms with Crippen LogP contribution in [0, 0.1) is 6.92 Å². The molecule has 0 spiro atoms. The van der Waals surface area contributed by atoms with Gasteiger partial charge in [-0.05, 0) is 37.3 Å². The lowest BCUT2D eigenvalue weighted by Gasteiger charge is -2.27. The van der Waals surface area contributed by atoms with E-state index in [1.165, 1.54) is 11.1 Å². The first kappa shape index (κ1) is 17.6. The Morgan fingerprint density at radius 3 is 3.15 bits per heavy atom. The third-order valence-corrected chi connectivity index (χ3v) is 6.43. The lowest BCUT2D eigenvalue weighted by Crippen LogP contribution is -2.40. The van der Waals surface area contributed by atoms with Gasteiger partial charge in [-0.3, -0.25) is 4.79 Å². The predicted octanol–water partition coefficient (Wildman–Crippen LogP) is 3.15. The van der Waals surface area contributed by atoms with E-state index in [1.807, 2.05) is 29.6 Å². The van der Waals surface area contributed by atoms with Crippen molar-refractivity contribution in [2.45, 2.75) is 44.7 Å². The highest BCUT2D eigenvalue weighted by molar-refractivity contribution is 7.99. The molecule has 0 radical (unpaired) electrons. The summed E-state index contributed by atoms with van der Waals surface area (Å²) >= 11 is 1.91. The van der Waals surface area contributed by atoms with Crippen molar-refractivity contribution in [3.8, 4) is 0 Å². The molecular weight excluding hydrogens is 344 g/mol. The maximum Gasteiger partial charge on any atom is 0.227 e. The molecule has 1 aliphatic carbocycles. The van der Waals surface area contributed by atoms with E-state index in [-0.39, 0.29) is 18.0 Å². The number of rotatable bonds is 4. The van der Waals surface area contributed by atoms with Gasteiger partial charge < -0.3 is 10.6 Å². The van der Waals surface area contributed by atoms with Crippen molar-refractivity contribution in [1.29, 1.82) is 0 Å². The van der Waals surface area contributed by atoms with Crippen LogP contribution in [0.4, 0.5) is 5.82 Å². The molecule has 26 heavy (non-hydrogen) atoms. The van der Waals surface area contributed by atoms with Gasteiger partial charge in [0.05, 0.1) is 12.2 Å². The number of hydrogen-bond acceptors (Lipinski definition) is 4. The number of fused-ring (bicyclic) bond motifs is 1. The standard InChI is InChI=1S/C20H26N4OS/c1-14-12-22-24(18-8-4-6-15-5-2-3-7-17(15)18)20(14)23-19(25)11-16-13-26-10-9-21-16/h2-3,5,7,12,16,18,21H,4,6,8-11,13H2,1H3,(H,23,25). The van der Waals surface area contributed by atoms with Gasteiger partial charge in [0, 0.05) is 36.1 Å². The summed E-state index contributed by atoms with van der Waals surface area (Å²) in [4.78, 5) is 12.6. The summed E-state index contributed by atoms with van der Waals surface area (Å²) in [6.07, 6.45) is 5.71. The van der Waals surface area contributed by atoms with Crippen LogP contribution in [-0.2, 0) is 11.2 Å². The Bertz CT molecular complexity index is 782. The highest BCUT2D eigenvalue weighted by Crippen LogP contribution is 2.35. The van der Waals surface area contributed by atoms with Crippen molar-refractivity contribution >= 4 is 23.5 Å². The summed E-state index contributed by atoms with van der Waals surface area (Å²) in [5.74, 6) is 3.05. The molecule has 2 unspecified atom stereocenters. The molecule has 2 aliphatic rings. The molecule has 2 aromatic rings. The van der Waals surface area contributed by atoms with E-state index >= 15 is 0 Å². The number of carbonyl (C=O) groups excluding carboxylic acids is 1. The molecule has 0 bridgehead atoms. The zero-order valence-electron chi connectivity index (χ0n) is 15.2. The monoisotopic (exact) mass is 370 g/mol. The van der Waals surface area contributed by atoms with Gasteiger partial charge >= 0.3 is 0 Å². The molecule has 1 aromatic carbocycles. The first-order chi connectivity index (χ1) is 12.7. The first-order valence-electron chi connectivity index (χ1n) is 9.45. The molecule has 1 aromatic heterocycles.